The number of carbonyl (C=O) groups is 4. The van der Waals surface area contributed by atoms with Gasteiger partial charge in [0, 0.05) is 41.7 Å². The minimum atomic E-state index is -1.74. The maximum atomic E-state index is 10.6. The quantitative estimate of drug-likeness (QED) is 0.0481. The van der Waals surface area contributed by atoms with Crippen molar-refractivity contribution in [2.45, 2.75) is 118 Å². The van der Waals surface area contributed by atoms with E-state index in [9.17, 15) is 19.2 Å². The van der Waals surface area contributed by atoms with Crippen LogP contribution in [0, 0.1) is 41.5 Å². The van der Waals surface area contributed by atoms with E-state index in [0.29, 0.717) is 61.2 Å². The first-order valence-corrected chi connectivity index (χ1v) is 34.0. The van der Waals surface area contributed by atoms with Crippen molar-refractivity contribution in [1.82, 2.24) is 0 Å². The summed E-state index contributed by atoms with van der Waals surface area (Å²) in [6, 6.07) is 22.6. The molecule has 2 N–H and O–H groups in total. The highest BCUT2D eigenvalue weighted by Gasteiger charge is 2.37. The van der Waals surface area contributed by atoms with Crippen LogP contribution in [-0.4, -0.2) is 64.5 Å². The van der Waals surface area contributed by atoms with Crippen LogP contribution in [0.4, 0.5) is 0 Å². The monoisotopic (exact) mass is 1320 g/mol. The van der Waals surface area contributed by atoms with Gasteiger partial charge in [0.2, 0.25) is 0 Å². The van der Waals surface area contributed by atoms with Crippen LogP contribution in [-0.2, 0) is 34.1 Å². The number of carbonyl (C=O) groups excluding carboxylic acids is 4. The predicted molar refractivity (Wildman–Crippen MR) is 311 cm³/mol. The maximum Gasteiger partial charge on any atom is 0.569 e. The summed E-state index contributed by atoms with van der Waals surface area (Å²) in [5.41, 5.74) is 7.34. The maximum absolute atomic E-state index is 10.6. The standard InChI is InChI=1S/C14H14O2.C13H22O3Si.C7H8BO2.C7H7BrO2.C7H8O3.C4H8O.Br3P.ClH/c1-10-4-3-5-12(6-10)7-13-8-14(9-15)16-11(13)2;1-10-11(7-12(8-14)16-10)9-15-17(5,6)13(2,3)4;1-6-3-2-4-7(5-6)10-8-9;2*1-5-6(3-8)2-7(4-9)10-5;1-2-4-5-3-1;1-4(2)3;/h3-6,8-9H,7H2,1-2H3;7-8H,9H2,1-6H3;2-5,9H,1H3;2,4H,3H2,1H3;2,4,8H,3H2,1H3;1-4H2;;1H. The number of benzene rings is 2. The fourth-order valence-corrected chi connectivity index (χ4v) is 7.30. The second kappa shape index (κ2) is 37.5. The first kappa shape index (κ1) is 69.8. The van der Waals surface area contributed by atoms with Gasteiger partial charge in [0.25, 0.3) is 0 Å². The molecule has 1 fully saturated rings. The van der Waals surface area contributed by atoms with E-state index in [2.05, 4.69) is 121 Å². The lowest BCUT2D eigenvalue weighted by atomic mass is 10.0. The minimum Gasteiger partial charge on any atom is -0.537 e. The van der Waals surface area contributed by atoms with Gasteiger partial charge in [0.1, 0.15) is 32.8 Å². The summed E-state index contributed by atoms with van der Waals surface area (Å²) < 4.78 is 36.1. The number of aliphatic hydroxyl groups excluding tert-OH is 1. The normalized spacial score (nSPS) is 11.3. The van der Waals surface area contributed by atoms with Crippen LogP contribution in [0.1, 0.15) is 138 Å². The molecular weight excluding hydrogens is 1260 g/mol. The number of aliphatic hydroxyl groups is 1. The molecule has 0 amide bonds. The van der Waals surface area contributed by atoms with Crippen molar-refractivity contribution in [3.05, 3.63) is 158 Å². The number of aldehydes is 4. The molecule has 21 heteroatoms. The number of rotatable bonds is 13. The van der Waals surface area contributed by atoms with Gasteiger partial charge in [0.15, 0.2) is 56.5 Å². The Bertz CT molecular complexity index is 2450. The van der Waals surface area contributed by atoms with Crippen molar-refractivity contribution in [2.24, 2.45) is 0 Å². The van der Waals surface area contributed by atoms with Crippen molar-refractivity contribution in [2.75, 3.05) is 13.2 Å². The molecule has 1 aliphatic heterocycles. The molecule has 13 nitrogen and oxygen atoms in total. The van der Waals surface area contributed by atoms with Gasteiger partial charge in [-0.25, -0.2) is 0 Å². The molecule has 401 valence electrons. The van der Waals surface area contributed by atoms with Crippen molar-refractivity contribution in [1.29, 1.82) is 0 Å². The molecule has 6 aromatic rings. The van der Waals surface area contributed by atoms with Gasteiger partial charge in [0.05, 0.1) is 13.2 Å². The van der Waals surface area contributed by atoms with Gasteiger partial charge in [-0.1, -0.05) is 78.7 Å². The molecule has 4 aromatic heterocycles. The molecule has 73 heavy (non-hydrogen) atoms. The summed E-state index contributed by atoms with van der Waals surface area (Å²) in [5.74, 6) is 5.09. The summed E-state index contributed by atoms with van der Waals surface area (Å²) in [6.45, 7) is 24.8. The van der Waals surface area contributed by atoms with Gasteiger partial charge in [-0.3, -0.25) is 19.2 Å². The molecule has 0 spiro atoms. The van der Waals surface area contributed by atoms with Gasteiger partial charge in [-0.05, 0) is 172 Å². The highest BCUT2D eigenvalue weighted by molar-refractivity contribution is 9.93. The molecule has 0 bridgehead atoms. The molecule has 0 saturated carbocycles. The van der Waals surface area contributed by atoms with Crippen LogP contribution >= 0.6 is 78.8 Å². The number of aryl methyl sites for hydroxylation is 6. The lowest BCUT2D eigenvalue weighted by Gasteiger charge is -2.36. The largest absolute Gasteiger partial charge is 0.569 e. The molecule has 0 unspecified atom stereocenters. The Morgan fingerprint density at radius 1 is 0.658 bits per heavy atom. The van der Waals surface area contributed by atoms with Crippen molar-refractivity contribution < 1.29 is 60.8 Å². The van der Waals surface area contributed by atoms with Crippen LogP contribution < -0.4 is 4.65 Å². The Kier molecular flexibility index (Phi) is 35.9. The van der Waals surface area contributed by atoms with E-state index in [1.54, 1.807) is 25.1 Å². The number of hydrogen-bond donors (Lipinski definition) is 2. The third-order valence-electron chi connectivity index (χ3n) is 10.8. The van der Waals surface area contributed by atoms with Gasteiger partial charge >= 0.3 is 7.69 Å². The molecule has 0 atom stereocenters. The lowest BCUT2D eigenvalue weighted by molar-refractivity contribution is 0.109. The average molecular weight is 1330 g/mol. The minimum absolute atomic E-state index is 0. The van der Waals surface area contributed by atoms with E-state index in [0.717, 1.165) is 77.1 Å². The number of furan rings is 4. The Morgan fingerprint density at radius 2 is 1.07 bits per heavy atom. The second-order valence-electron chi connectivity index (χ2n) is 17.4. The summed E-state index contributed by atoms with van der Waals surface area (Å²) in [6.07, 6.45) is 6.16. The molecule has 1 radical (unpaired) electrons. The molecule has 1 saturated heterocycles. The summed E-state index contributed by atoms with van der Waals surface area (Å²) in [5, 5.41) is 17.8. The van der Waals surface area contributed by atoms with Crippen molar-refractivity contribution in [3.8, 4) is 5.75 Å². The smallest absolute Gasteiger partial charge is 0.537 e. The number of hydrogen-bond acceptors (Lipinski definition) is 13. The van der Waals surface area contributed by atoms with Gasteiger partial charge in [-0.2, -0.15) is 0 Å². The molecular formula is C52H68BBr4ClO13PSi. The van der Waals surface area contributed by atoms with E-state index in [4.69, 9.17) is 41.6 Å². The summed E-state index contributed by atoms with van der Waals surface area (Å²) in [7, 11) is -1.07. The third-order valence-corrected chi connectivity index (χ3v) is 15.9. The molecule has 5 heterocycles. The van der Waals surface area contributed by atoms with Crippen LogP contribution in [0.3, 0.4) is 0 Å². The molecule has 1 aliphatic rings. The third kappa shape index (κ3) is 28.5. The first-order chi connectivity index (χ1) is 34.0. The van der Waals surface area contributed by atoms with E-state index in [1.165, 1.54) is 30.0 Å². The zero-order valence-electron chi connectivity index (χ0n) is 43.2. The Labute approximate surface area is 472 Å². The van der Waals surface area contributed by atoms with E-state index >= 15 is 0 Å². The Balaban J connectivity index is 0.000000860. The highest BCUT2D eigenvalue weighted by atomic mass is 80.0. The number of alkyl halides is 1. The van der Waals surface area contributed by atoms with Crippen LogP contribution in [0.25, 0.3) is 0 Å². The van der Waals surface area contributed by atoms with E-state index < -0.39 is 8.32 Å². The topological polar surface area (TPSA) is 189 Å². The fourth-order valence-electron chi connectivity index (χ4n) is 5.80. The van der Waals surface area contributed by atoms with Crippen LogP contribution in [0.15, 0.2) is 90.5 Å². The Hall–Kier alpha value is -3.20. The summed E-state index contributed by atoms with van der Waals surface area (Å²) >= 11 is 12.8. The zero-order chi connectivity index (χ0) is 54.4. The van der Waals surface area contributed by atoms with Crippen LogP contribution in [0.5, 0.6) is 5.75 Å². The van der Waals surface area contributed by atoms with E-state index in [-0.39, 0.29) is 33.8 Å². The average Bonchev–Trinajstić information content (AvgIpc) is 4.20. The fraction of sp³-hybridized carbons (Fsp3) is 0.385. The zero-order valence-corrected chi connectivity index (χ0v) is 52.3. The van der Waals surface area contributed by atoms with Gasteiger partial charge < -0.3 is 41.6 Å². The second-order valence-corrected chi connectivity index (χ2v) is 38.2. The van der Waals surface area contributed by atoms with Crippen molar-refractivity contribution in [3.63, 3.8) is 0 Å². The van der Waals surface area contributed by atoms with Crippen molar-refractivity contribution >= 4 is 120 Å². The Morgan fingerprint density at radius 3 is 1.42 bits per heavy atom. The molecule has 2 aromatic carbocycles. The lowest BCUT2D eigenvalue weighted by Crippen LogP contribution is -2.40. The SMILES string of the molecule is BrP(Br)Br.C1CCOC1.Cc1cccc(Cc2cc(C=O)oc2C)c1.Cc1cccc(O[B]O)c1.Cc1oc(C=O)cc1CBr.Cc1oc(C=O)cc1CO.Cc1oc(C=O)cc1CO[Si](C)(C)C(C)(C)C.Cl. The van der Waals surface area contributed by atoms with E-state index in [1.807, 2.05) is 58.0 Å². The molecule has 7 rings (SSSR count). The van der Waals surface area contributed by atoms with Crippen LogP contribution in [0.2, 0.25) is 18.1 Å². The molecule has 0 aliphatic carbocycles. The predicted octanol–water partition coefficient (Wildman–Crippen LogP) is 15.9. The number of halogens is 5. The van der Waals surface area contributed by atoms with Gasteiger partial charge in [-0.15, -0.1) is 12.4 Å². The highest BCUT2D eigenvalue weighted by Crippen LogP contribution is 2.59. The first-order valence-electron chi connectivity index (χ1n) is 22.6. The summed E-state index contributed by atoms with van der Waals surface area (Å²) in [4.78, 5) is 41.5. The number of ether oxygens (including phenoxy) is 1.